The lowest BCUT2D eigenvalue weighted by Crippen LogP contribution is -2.06. The van der Waals surface area contributed by atoms with E-state index in [4.69, 9.17) is 18.9 Å². The summed E-state index contributed by atoms with van der Waals surface area (Å²) in [6.45, 7) is -0.401. The number of pyridine rings is 1. The van der Waals surface area contributed by atoms with Gasteiger partial charge in [-0.15, -0.1) is 4.89 Å². The minimum absolute atomic E-state index is 0.0214. The first-order valence-electron chi connectivity index (χ1n) is 8.26. The van der Waals surface area contributed by atoms with Crippen LogP contribution in [0.25, 0.3) is 10.9 Å². The van der Waals surface area contributed by atoms with Crippen LogP contribution in [0.4, 0.5) is 0 Å². The van der Waals surface area contributed by atoms with Gasteiger partial charge in [0.1, 0.15) is 5.69 Å². The van der Waals surface area contributed by atoms with Gasteiger partial charge in [-0.1, -0.05) is 6.07 Å². The largest absolute Gasteiger partial charge is 0.747 e. The fourth-order valence-electron chi connectivity index (χ4n) is 2.83. The lowest BCUT2D eigenvalue weighted by molar-refractivity contribution is 0.103. The maximum Gasteiger partial charge on any atom is 0.747 e. The third kappa shape index (κ3) is 3.97. The molecule has 1 aromatic heterocycles. The fraction of sp³-hybridized carbons (Fsp3) is 0.158. The van der Waals surface area contributed by atoms with E-state index in [1.165, 1.54) is 44.6 Å². The molecule has 0 aliphatic carbocycles. The lowest BCUT2D eigenvalue weighted by atomic mass is 10.0. The molecule has 10 heteroatoms. The Kier molecular flexibility index (Phi) is 5.93. The number of aromatic nitrogens is 1. The number of aliphatic hydroxyl groups is 1. The van der Waals surface area contributed by atoms with Crippen LogP contribution in [0.2, 0.25) is 0 Å². The zero-order valence-corrected chi connectivity index (χ0v) is 16.3. The van der Waals surface area contributed by atoms with Crippen molar-refractivity contribution in [3.05, 3.63) is 53.2 Å². The standard InChI is InChI=1S/C19H16NO8P/c1-26-15-7-11(8-16(27-2)18(15)23)17(22)14-6-4-12-13(20-14)5-3-10(9-21)19(12)28-29(24)25/h3-8,21H,9H2,1-2H3,(H-,22,23,24,25)/p+1. The Morgan fingerprint density at radius 3 is 2.31 bits per heavy atom. The van der Waals surface area contributed by atoms with E-state index in [-0.39, 0.29) is 34.3 Å². The molecule has 2 aromatic carbocycles. The Bertz CT molecular complexity index is 1090. The number of phenols is 1. The van der Waals surface area contributed by atoms with Crippen molar-refractivity contribution in [2.75, 3.05) is 14.2 Å². The maximum absolute atomic E-state index is 12.9. The van der Waals surface area contributed by atoms with Gasteiger partial charge in [-0.25, -0.2) is 9.51 Å². The molecule has 0 radical (unpaired) electrons. The lowest BCUT2D eigenvalue weighted by Gasteiger charge is -2.11. The van der Waals surface area contributed by atoms with Crippen LogP contribution in [-0.4, -0.2) is 40.1 Å². The van der Waals surface area contributed by atoms with Gasteiger partial charge in [0.2, 0.25) is 17.3 Å². The van der Waals surface area contributed by atoms with Crippen LogP contribution >= 0.6 is 8.25 Å². The zero-order valence-electron chi connectivity index (χ0n) is 15.4. The number of phenolic OH excluding ortho intramolecular Hbond substituents is 1. The van der Waals surface area contributed by atoms with Crippen LogP contribution in [0, 0.1) is 0 Å². The number of fused-ring (bicyclic) bond motifs is 1. The van der Waals surface area contributed by atoms with Crippen molar-refractivity contribution in [1.82, 2.24) is 4.98 Å². The Balaban J connectivity index is 2.09. The van der Waals surface area contributed by atoms with Gasteiger partial charge in [-0.3, -0.25) is 4.79 Å². The summed E-state index contributed by atoms with van der Waals surface area (Å²) >= 11 is 0. The molecule has 0 fully saturated rings. The number of aliphatic hydroxyl groups excluding tert-OH is 1. The second kappa shape index (κ2) is 8.40. The predicted molar refractivity (Wildman–Crippen MR) is 103 cm³/mol. The first-order valence-corrected chi connectivity index (χ1v) is 9.40. The number of methoxy groups -OCH3 is 2. The highest BCUT2D eigenvalue weighted by Gasteiger charge is 2.23. The van der Waals surface area contributed by atoms with Crippen LogP contribution in [-0.2, 0) is 11.2 Å². The molecule has 3 rings (SSSR count). The summed E-state index contributed by atoms with van der Waals surface area (Å²) in [6.07, 6.45) is 0. The van der Waals surface area contributed by atoms with Crippen molar-refractivity contribution in [1.29, 1.82) is 0 Å². The zero-order chi connectivity index (χ0) is 21.1. The molecule has 9 nitrogen and oxygen atoms in total. The van der Waals surface area contributed by atoms with Gasteiger partial charge < -0.3 is 19.7 Å². The number of carbonyl (C=O) groups excluding carboxylic acids is 1. The number of ketones is 1. The van der Waals surface area contributed by atoms with Crippen molar-refractivity contribution in [3.63, 3.8) is 0 Å². The molecular formula is C19H17NO8P+. The highest BCUT2D eigenvalue weighted by Crippen LogP contribution is 2.38. The average molecular weight is 418 g/mol. The van der Waals surface area contributed by atoms with Gasteiger partial charge in [0.25, 0.3) is 0 Å². The van der Waals surface area contributed by atoms with Crippen LogP contribution in [0.5, 0.6) is 23.0 Å². The number of benzene rings is 2. The molecule has 29 heavy (non-hydrogen) atoms. The van der Waals surface area contributed by atoms with E-state index < -0.39 is 20.6 Å². The van der Waals surface area contributed by atoms with Gasteiger partial charge in [-0.2, -0.15) is 0 Å². The number of ether oxygens (including phenoxy) is 2. The SMILES string of the molecule is COc1cc(C(=O)c2ccc3c(O[P+](=O)O)c(CO)ccc3n2)cc(OC)c1O. The van der Waals surface area contributed by atoms with E-state index in [1.807, 2.05) is 0 Å². The summed E-state index contributed by atoms with van der Waals surface area (Å²) in [5, 5.41) is 19.8. The number of carbonyl (C=O) groups is 1. The molecule has 0 aliphatic rings. The van der Waals surface area contributed by atoms with Crippen LogP contribution in [0.1, 0.15) is 21.6 Å². The third-order valence-corrected chi connectivity index (χ3v) is 4.56. The number of nitrogens with zero attached hydrogens (tertiary/aromatic N) is 1. The van der Waals surface area contributed by atoms with Crippen molar-refractivity contribution < 1.29 is 38.5 Å². The molecule has 0 saturated carbocycles. The summed E-state index contributed by atoms with van der Waals surface area (Å²) < 4.78 is 26.2. The molecule has 1 atom stereocenters. The second-order valence-corrected chi connectivity index (χ2v) is 6.52. The van der Waals surface area contributed by atoms with E-state index >= 15 is 0 Å². The van der Waals surface area contributed by atoms with E-state index in [0.29, 0.717) is 16.5 Å². The summed E-state index contributed by atoms with van der Waals surface area (Å²) in [7, 11) is -0.249. The average Bonchev–Trinajstić information content (AvgIpc) is 2.72. The number of rotatable bonds is 7. The molecule has 0 amide bonds. The molecule has 3 aromatic rings. The smallest absolute Gasteiger partial charge is 0.502 e. The minimum Gasteiger partial charge on any atom is -0.502 e. The number of hydrogen-bond donors (Lipinski definition) is 3. The first kappa shape index (κ1) is 20.5. The first-order chi connectivity index (χ1) is 13.9. The van der Waals surface area contributed by atoms with E-state index in [0.717, 1.165) is 0 Å². The quantitative estimate of drug-likeness (QED) is 0.391. The summed E-state index contributed by atoms with van der Waals surface area (Å²) in [5.74, 6) is -0.514. The van der Waals surface area contributed by atoms with Crippen molar-refractivity contribution >= 4 is 24.9 Å². The van der Waals surface area contributed by atoms with Gasteiger partial charge in [0.15, 0.2) is 11.5 Å². The Morgan fingerprint density at radius 2 is 1.76 bits per heavy atom. The van der Waals surface area contributed by atoms with Crippen LogP contribution in [0.3, 0.4) is 0 Å². The van der Waals surface area contributed by atoms with Gasteiger partial charge in [0.05, 0.1) is 26.3 Å². The highest BCUT2D eigenvalue weighted by atomic mass is 31.1. The van der Waals surface area contributed by atoms with Crippen LogP contribution in [0.15, 0.2) is 36.4 Å². The van der Waals surface area contributed by atoms with Crippen molar-refractivity contribution in [2.24, 2.45) is 0 Å². The molecular weight excluding hydrogens is 401 g/mol. The number of hydrogen-bond acceptors (Lipinski definition) is 8. The van der Waals surface area contributed by atoms with Crippen molar-refractivity contribution in [3.8, 4) is 23.0 Å². The summed E-state index contributed by atoms with van der Waals surface area (Å²) in [4.78, 5) is 26.3. The summed E-state index contributed by atoms with van der Waals surface area (Å²) in [6, 6.07) is 8.72. The molecule has 1 heterocycles. The van der Waals surface area contributed by atoms with E-state index in [2.05, 4.69) is 4.98 Å². The molecule has 1 unspecified atom stereocenters. The predicted octanol–water partition coefficient (Wildman–Crippen LogP) is 2.71. The maximum atomic E-state index is 12.9. The Hall–Kier alpha value is -3.26. The fourth-order valence-corrected chi connectivity index (χ4v) is 3.20. The number of aromatic hydroxyl groups is 1. The van der Waals surface area contributed by atoms with Gasteiger partial charge in [-0.05, 0) is 30.3 Å². The third-order valence-electron chi connectivity index (χ3n) is 4.22. The van der Waals surface area contributed by atoms with E-state index in [1.54, 1.807) is 6.07 Å². The molecule has 0 aliphatic heterocycles. The Morgan fingerprint density at radius 1 is 1.10 bits per heavy atom. The topological polar surface area (TPSA) is 135 Å². The van der Waals surface area contributed by atoms with Crippen molar-refractivity contribution in [2.45, 2.75) is 6.61 Å². The normalized spacial score (nSPS) is 11.2. The van der Waals surface area contributed by atoms with Crippen LogP contribution < -0.4 is 14.0 Å². The molecule has 150 valence electrons. The molecule has 3 N–H and O–H groups in total. The van der Waals surface area contributed by atoms with Gasteiger partial charge >= 0.3 is 8.25 Å². The molecule has 0 bridgehead atoms. The minimum atomic E-state index is -2.95. The van der Waals surface area contributed by atoms with E-state index in [9.17, 15) is 19.6 Å². The highest BCUT2D eigenvalue weighted by molar-refractivity contribution is 7.32. The Labute approximate surface area is 166 Å². The monoisotopic (exact) mass is 418 g/mol. The van der Waals surface area contributed by atoms with Gasteiger partial charge in [0, 0.05) is 21.1 Å². The molecule has 0 saturated heterocycles. The second-order valence-electron chi connectivity index (χ2n) is 5.86. The molecule has 0 spiro atoms. The summed E-state index contributed by atoms with van der Waals surface area (Å²) in [5.41, 5.74) is 0.912.